The number of benzene rings is 2. The van der Waals surface area contributed by atoms with Crippen molar-refractivity contribution in [3.8, 4) is 11.5 Å². The van der Waals surface area contributed by atoms with Crippen molar-refractivity contribution < 1.29 is 22.3 Å². The van der Waals surface area contributed by atoms with Crippen LogP contribution in [0.2, 0.25) is 5.02 Å². The molecule has 0 aliphatic carbocycles. The van der Waals surface area contributed by atoms with Crippen LogP contribution in [0.15, 0.2) is 44.4 Å². The average molecular weight is 399 g/mol. The second-order valence-corrected chi connectivity index (χ2v) is 7.41. The topological polar surface area (TPSA) is 99.8 Å². The van der Waals surface area contributed by atoms with Gasteiger partial charge in [-0.15, -0.1) is 0 Å². The van der Waals surface area contributed by atoms with Crippen molar-refractivity contribution in [2.75, 3.05) is 18.9 Å². The van der Waals surface area contributed by atoms with Crippen molar-refractivity contribution in [3.63, 3.8) is 0 Å². The molecule has 2 aromatic carbocycles. The lowest BCUT2D eigenvalue weighted by Gasteiger charge is -2.13. The number of anilines is 1. The molecule has 0 fully saturated rings. The number of aromatic nitrogens is 1. The maximum atomic E-state index is 12.8. The Kier molecular flexibility index (Phi) is 4.59. The third-order valence-corrected chi connectivity index (χ3v) is 5.62. The second-order valence-electron chi connectivity index (χ2n) is 5.35. The molecule has 0 saturated heterocycles. The Morgan fingerprint density at radius 1 is 1.15 bits per heavy atom. The van der Waals surface area contributed by atoms with Gasteiger partial charge in [-0.1, -0.05) is 11.6 Å². The van der Waals surface area contributed by atoms with Gasteiger partial charge in [0.15, 0.2) is 5.58 Å². The number of aryl methyl sites for hydroxylation is 1. The number of methoxy groups -OCH3 is 2. The number of nitrogens with one attached hydrogen (secondary N) is 1. The van der Waals surface area contributed by atoms with Gasteiger partial charge < -0.3 is 13.9 Å². The molecule has 0 spiro atoms. The first-order valence-corrected chi connectivity index (χ1v) is 9.17. The number of nitrogens with zero attached hydrogens (tertiary/aromatic N) is 1. The molecule has 8 nitrogen and oxygen atoms in total. The molecule has 0 amide bonds. The molecule has 0 aliphatic rings. The smallest absolute Gasteiger partial charge is 0.419 e. The first-order chi connectivity index (χ1) is 12.3. The molecule has 0 aliphatic heterocycles. The highest BCUT2D eigenvalue weighted by molar-refractivity contribution is 7.92. The molecule has 3 rings (SSSR count). The van der Waals surface area contributed by atoms with Crippen LogP contribution in [-0.4, -0.2) is 27.2 Å². The lowest BCUT2D eigenvalue weighted by molar-refractivity contribution is 0.395. The fraction of sp³-hybridized carbons (Fsp3) is 0.188. The van der Waals surface area contributed by atoms with E-state index in [0.717, 1.165) is 0 Å². The third-order valence-electron chi connectivity index (χ3n) is 3.79. The number of halogens is 1. The number of fused-ring (bicyclic) bond motifs is 1. The van der Waals surface area contributed by atoms with Crippen LogP contribution in [0.25, 0.3) is 11.1 Å². The Morgan fingerprint density at radius 3 is 2.54 bits per heavy atom. The molecule has 0 atom stereocenters. The highest BCUT2D eigenvalue weighted by Gasteiger charge is 2.23. The van der Waals surface area contributed by atoms with Crippen LogP contribution in [0.1, 0.15) is 0 Å². The molecule has 0 bridgehead atoms. The van der Waals surface area contributed by atoms with E-state index in [1.807, 2.05) is 0 Å². The number of hydrogen-bond donors (Lipinski definition) is 1. The number of sulfonamides is 1. The van der Waals surface area contributed by atoms with E-state index in [2.05, 4.69) is 4.72 Å². The molecular formula is C16H15ClN2O6S. The first-order valence-electron chi connectivity index (χ1n) is 7.30. The van der Waals surface area contributed by atoms with Crippen LogP contribution in [0, 0.1) is 0 Å². The summed E-state index contributed by atoms with van der Waals surface area (Å²) in [7, 11) is 0.328. The normalized spacial score (nSPS) is 11.5. The highest BCUT2D eigenvalue weighted by Crippen LogP contribution is 2.33. The highest BCUT2D eigenvalue weighted by atomic mass is 35.5. The van der Waals surface area contributed by atoms with E-state index in [9.17, 15) is 13.2 Å². The fourth-order valence-corrected chi connectivity index (χ4v) is 4.03. The van der Waals surface area contributed by atoms with Gasteiger partial charge in [0.25, 0.3) is 10.0 Å². The lowest BCUT2D eigenvalue weighted by Crippen LogP contribution is -2.14. The zero-order chi connectivity index (χ0) is 19.1. The summed E-state index contributed by atoms with van der Waals surface area (Å²) >= 11 is 6.13. The summed E-state index contributed by atoms with van der Waals surface area (Å²) in [5.74, 6) is 0.169. The zero-order valence-electron chi connectivity index (χ0n) is 14.1. The van der Waals surface area contributed by atoms with Crippen molar-refractivity contribution in [3.05, 3.63) is 45.9 Å². The van der Waals surface area contributed by atoms with Crippen molar-refractivity contribution >= 4 is 38.4 Å². The van der Waals surface area contributed by atoms with Gasteiger partial charge in [0.2, 0.25) is 0 Å². The molecular weight excluding hydrogens is 384 g/mol. The summed E-state index contributed by atoms with van der Waals surface area (Å²) in [5.41, 5.74) is 0.712. The summed E-state index contributed by atoms with van der Waals surface area (Å²) in [6, 6.07) is 7.20. The van der Waals surface area contributed by atoms with Gasteiger partial charge in [-0.25, -0.2) is 13.2 Å². The minimum atomic E-state index is -4.07. The Bertz CT molecular complexity index is 1150. The largest absolute Gasteiger partial charge is 0.497 e. The summed E-state index contributed by atoms with van der Waals surface area (Å²) in [5, 5.41) is -0.0473. The van der Waals surface area contributed by atoms with Crippen molar-refractivity contribution in [2.45, 2.75) is 4.90 Å². The quantitative estimate of drug-likeness (QED) is 0.709. The van der Waals surface area contributed by atoms with Gasteiger partial charge in [0, 0.05) is 19.2 Å². The number of hydrogen-bond acceptors (Lipinski definition) is 6. The van der Waals surface area contributed by atoms with Crippen LogP contribution in [-0.2, 0) is 17.1 Å². The van der Waals surface area contributed by atoms with Crippen molar-refractivity contribution in [2.24, 2.45) is 7.05 Å². The van der Waals surface area contributed by atoms with Gasteiger partial charge >= 0.3 is 5.76 Å². The maximum absolute atomic E-state index is 12.8. The monoisotopic (exact) mass is 398 g/mol. The molecule has 1 heterocycles. The number of ether oxygens (including phenoxy) is 2. The predicted octanol–water partition coefficient (Wildman–Crippen LogP) is 2.60. The maximum Gasteiger partial charge on any atom is 0.419 e. The average Bonchev–Trinajstić information content (AvgIpc) is 2.88. The molecule has 0 saturated carbocycles. The van der Waals surface area contributed by atoms with Gasteiger partial charge in [0.05, 0.1) is 30.4 Å². The summed E-state index contributed by atoms with van der Waals surface area (Å²) < 4.78 is 44.5. The van der Waals surface area contributed by atoms with E-state index in [1.165, 1.54) is 44.0 Å². The summed E-state index contributed by atoms with van der Waals surface area (Å²) in [6.45, 7) is 0. The standard InChI is InChI=1S/C16H15ClN2O6S/c1-19-12-7-10(17)15(8-14(12)25-16(19)20)26(21,22)18-11-5-4-9(23-2)6-13(11)24-3/h4-8,18H,1-3H3. The first kappa shape index (κ1) is 18.2. The molecule has 0 unspecified atom stereocenters. The van der Waals surface area contributed by atoms with E-state index in [0.29, 0.717) is 11.3 Å². The summed E-state index contributed by atoms with van der Waals surface area (Å²) in [6.07, 6.45) is 0. The van der Waals surface area contributed by atoms with Crippen LogP contribution < -0.4 is 20.0 Å². The zero-order valence-corrected chi connectivity index (χ0v) is 15.6. The second kappa shape index (κ2) is 6.58. The van der Waals surface area contributed by atoms with Gasteiger partial charge in [-0.2, -0.15) is 0 Å². The van der Waals surface area contributed by atoms with E-state index in [-0.39, 0.29) is 26.9 Å². The van der Waals surface area contributed by atoms with E-state index in [4.69, 9.17) is 25.5 Å². The molecule has 0 radical (unpaired) electrons. The summed E-state index contributed by atoms with van der Waals surface area (Å²) in [4.78, 5) is 11.4. The van der Waals surface area contributed by atoms with Crippen molar-refractivity contribution in [1.82, 2.24) is 4.57 Å². The molecule has 1 N–H and O–H groups in total. The van der Waals surface area contributed by atoms with Crippen molar-refractivity contribution in [1.29, 1.82) is 0 Å². The SMILES string of the molecule is COc1ccc(NS(=O)(=O)c2cc3oc(=O)n(C)c3cc2Cl)c(OC)c1. The van der Waals surface area contributed by atoms with Crippen LogP contribution >= 0.6 is 11.6 Å². The Balaban J connectivity index is 2.07. The fourth-order valence-electron chi connectivity index (χ4n) is 2.42. The van der Waals surface area contributed by atoms with Crippen LogP contribution in [0.5, 0.6) is 11.5 Å². The lowest BCUT2D eigenvalue weighted by atomic mass is 10.3. The third kappa shape index (κ3) is 3.11. The molecule has 10 heteroatoms. The number of rotatable bonds is 5. The minimum absolute atomic E-state index is 0.0473. The molecule has 26 heavy (non-hydrogen) atoms. The van der Waals surface area contributed by atoms with E-state index >= 15 is 0 Å². The molecule has 3 aromatic rings. The van der Waals surface area contributed by atoms with Gasteiger partial charge in [0.1, 0.15) is 16.4 Å². The Labute approximate surface area is 153 Å². The number of oxazole rings is 1. The van der Waals surface area contributed by atoms with E-state index in [1.54, 1.807) is 12.1 Å². The Morgan fingerprint density at radius 2 is 1.88 bits per heavy atom. The van der Waals surface area contributed by atoms with Gasteiger partial charge in [-0.3, -0.25) is 9.29 Å². The van der Waals surface area contributed by atoms with Gasteiger partial charge in [-0.05, 0) is 18.2 Å². The molecule has 138 valence electrons. The van der Waals surface area contributed by atoms with Crippen LogP contribution in [0.4, 0.5) is 5.69 Å². The van der Waals surface area contributed by atoms with E-state index < -0.39 is 15.8 Å². The predicted molar refractivity (Wildman–Crippen MR) is 96.8 cm³/mol. The van der Waals surface area contributed by atoms with Crippen LogP contribution in [0.3, 0.4) is 0 Å². The minimum Gasteiger partial charge on any atom is -0.497 e. The Hall–Kier alpha value is -2.65. The molecule has 1 aromatic heterocycles.